The molecule has 1 aromatic heterocycles. The Kier molecular flexibility index (Phi) is 4.33. The smallest absolute Gasteiger partial charge is 0.336 e. The Hall–Kier alpha value is -3.08. The number of nitrogens with one attached hydrogen (secondary N) is 1. The van der Waals surface area contributed by atoms with E-state index in [1.807, 2.05) is 32.0 Å². The van der Waals surface area contributed by atoms with Crippen LogP contribution in [0.4, 0.5) is 5.69 Å². The molecule has 3 rings (SSSR count). The standard InChI is InChI=1S/C19H17NO4/c1-12-3-7-16(13(2)9-12)20-18(21)11-23-15-6-4-14-5-8-19(22)24-17(14)10-15/h3-10H,11H2,1-2H3,(H,20,21). The molecule has 5 nitrogen and oxygen atoms in total. The van der Waals surface area contributed by atoms with E-state index in [4.69, 9.17) is 9.15 Å². The first-order valence-corrected chi connectivity index (χ1v) is 7.55. The lowest BCUT2D eigenvalue weighted by molar-refractivity contribution is -0.118. The molecule has 122 valence electrons. The Morgan fingerprint density at radius 1 is 1.08 bits per heavy atom. The van der Waals surface area contributed by atoms with E-state index in [0.29, 0.717) is 11.3 Å². The topological polar surface area (TPSA) is 68.5 Å². The number of hydrogen-bond acceptors (Lipinski definition) is 4. The third-order valence-electron chi connectivity index (χ3n) is 3.62. The number of ether oxygens (including phenoxy) is 1. The van der Waals surface area contributed by atoms with Gasteiger partial charge in [0.05, 0.1) is 0 Å². The average Bonchev–Trinajstić information content (AvgIpc) is 2.55. The second-order valence-electron chi connectivity index (χ2n) is 5.61. The molecule has 0 saturated heterocycles. The normalized spacial score (nSPS) is 10.6. The number of carbonyl (C=O) groups excluding carboxylic acids is 1. The molecule has 0 aliphatic heterocycles. The largest absolute Gasteiger partial charge is 0.484 e. The first kappa shape index (κ1) is 15.8. The maximum absolute atomic E-state index is 12.0. The van der Waals surface area contributed by atoms with Gasteiger partial charge in [0.1, 0.15) is 11.3 Å². The van der Waals surface area contributed by atoms with Crippen molar-refractivity contribution in [2.45, 2.75) is 13.8 Å². The molecular formula is C19H17NO4. The fraction of sp³-hybridized carbons (Fsp3) is 0.158. The van der Waals surface area contributed by atoms with Crippen LogP contribution >= 0.6 is 0 Å². The molecule has 2 aromatic carbocycles. The molecule has 0 aliphatic rings. The van der Waals surface area contributed by atoms with Gasteiger partial charge in [0.25, 0.3) is 5.91 Å². The van der Waals surface area contributed by atoms with Gasteiger partial charge in [0, 0.05) is 23.2 Å². The number of amides is 1. The minimum absolute atomic E-state index is 0.129. The highest BCUT2D eigenvalue weighted by atomic mass is 16.5. The van der Waals surface area contributed by atoms with Gasteiger partial charge < -0.3 is 14.5 Å². The molecule has 1 N–H and O–H groups in total. The van der Waals surface area contributed by atoms with Gasteiger partial charge in [-0.25, -0.2) is 4.79 Å². The van der Waals surface area contributed by atoms with Crippen molar-refractivity contribution >= 4 is 22.6 Å². The van der Waals surface area contributed by atoms with Crippen LogP contribution in [0.3, 0.4) is 0 Å². The van der Waals surface area contributed by atoms with Crippen LogP contribution in [-0.4, -0.2) is 12.5 Å². The summed E-state index contributed by atoms with van der Waals surface area (Å²) in [4.78, 5) is 23.3. The molecule has 0 fully saturated rings. The molecule has 1 amide bonds. The molecule has 0 bridgehead atoms. The summed E-state index contributed by atoms with van der Waals surface area (Å²) in [5, 5.41) is 3.61. The number of hydrogen-bond donors (Lipinski definition) is 1. The predicted octanol–water partition coefficient (Wildman–Crippen LogP) is 3.43. The Labute approximate surface area is 138 Å². The predicted molar refractivity (Wildman–Crippen MR) is 92.5 cm³/mol. The SMILES string of the molecule is Cc1ccc(NC(=O)COc2ccc3ccc(=O)oc3c2)c(C)c1. The first-order valence-electron chi connectivity index (χ1n) is 7.55. The molecule has 3 aromatic rings. The summed E-state index contributed by atoms with van der Waals surface area (Å²) in [6, 6.07) is 13.9. The zero-order chi connectivity index (χ0) is 17.1. The number of rotatable bonds is 4. The third-order valence-corrected chi connectivity index (χ3v) is 3.62. The zero-order valence-corrected chi connectivity index (χ0v) is 13.5. The van der Waals surface area contributed by atoms with E-state index >= 15 is 0 Å². The lowest BCUT2D eigenvalue weighted by atomic mass is 10.1. The van der Waals surface area contributed by atoms with Crippen molar-refractivity contribution in [2.24, 2.45) is 0 Å². The van der Waals surface area contributed by atoms with Crippen molar-refractivity contribution in [1.82, 2.24) is 0 Å². The molecular weight excluding hydrogens is 306 g/mol. The van der Waals surface area contributed by atoms with Crippen LogP contribution in [0.15, 0.2) is 57.7 Å². The lowest BCUT2D eigenvalue weighted by Gasteiger charge is -2.10. The highest BCUT2D eigenvalue weighted by Crippen LogP contribution is 2.20. The number of benzene rings is 2. The van der Waals surface area contributed by atoms with Crippen LogP contribution in [0.25, 0.3) is 11.0 Å². The van der Waals surface area contributed by atoms with Crippen molar-refractivity contribution in [3.05, 3.63) is 70.1 Å². The van der Waals surface area contributed by atoms with Crippen LogP contribution < -0.4 is 15.7 Å². The molecule has 24 heavy (non-hydrogen) atoms. The Morgan fingerprint density at radius 3 is 2.67 bits per heavy atom. The minimum atomic E-state index is -0.424. The van der Waals surface area contributed by atoms with E-state index in [9.17, 15) is 9.59 Å². The maximum atomic E-state index is 12.0. The van der Waals surface area contributed by atoms with Crippen LogP contribution in [-0.2, 0) is 4.79 Å². The van der Waals surface area contributed by atoms with E-state index in [0.717, 1.165) is 22.2 Å². The summed E-state index contributed by atoms with van der Waals surface area (Å²) in [5.41, 5.74) is 2.90. The van der Waals surface area contributed by atoms with Crippen molar-refractivity contribution in [3.63, 3.8) is 0 Å². The van der Waals surface area contributed by atoms with Gasteiger partial charge in [0.15, 0.2) is 6.61 Å². The van der Waals surface area contributed by atoms with Gasteiger partial charge in [0.2, 0.25) is 0 Å². The summed E-state index contributed by atoms with van der Waals surface area (Å²) in [6.45, 7) is 3.81. The second-order valence-corrected chi connectivity index (χ2v) is 5.61. The monoisotopic (exact) mass is 323 g/mol. The Balaban J connectivity index is 1.66. The van der Waals surface area contributed by atoms with Crippen molar-refractivity contribution < 1.29 is 13.9 Å². The summed E-state index contributed by atoms with van der Waals surface area (Å²) in [5.74, 6) is 0.212. The van der Waals surface area contributed by atoms with Crippen LogP contribution in [0.1, 0.15) is 11.1 Å². The van der Waals surface area contributed by atoms with E-state index < -0.39 is 5.63 Å². The second kappa shape index (κ2) is 6.58. The number of fused-ring (bicyclic) bond motifs is 1. The maximum Gasteiger partial charge on any atom is 0.336 e. The van der Waals surface area contributed by atoms with Gasteiger partial charge in [-0.15, -0.1) is 0 Å². The minimum Gasteiger partial charge on any atom is -0.484 e. The molecule has 0 saturated carbocycles. The van der Waals surface area contributed by atoms with Crippen LogP contribution in [0.5, 0.6) is 5.75 Å². The van der Waals surface area contributed by atoms with E-state index in [1.165, 1.54) is 6.07 Å². The van der Waals surface area contributed by atoms with E-state index in [2.05, 4.69) is 5.32 Å². The fourth-order valence-corrected chi connectivity index (χ4v) is 2.42. The Morgan fingerprint density at radius 2 is 1.88 bits per heavy atom. The van der Waals surface area contributed by atoms with Crippen molar-refractivity contribution in [1.29, 1.82) is 0 Å². The number of carbonyl (C=O) groups is 1. The van der Waals surface area contributed by atoms with Crippen LogP contribution in [0, 0.1) is 13.8 Å². The molecule has 0 atom stereocenters. The van der Waals surface area contributed by atoms with E-state index in [-0.39, 0.29) is 12.5 Å². The molecule has 0 radical (unpaired) electrons. The van der Waals surface area contributed by atoms with Gasteiger partial charge in [-0.1, -0.05) is 17.7 Å². The van der Waals surface area contributed by atoms with E-state index in [1.54, 1.807) is 24.3 Å². The summed E-state index contributed by atoms with van der Waals surface area (Å²) in [6.07, 6.45) is 0. The summed E-state index contributed by atoms with van der Waals surface area (Å²) in [7, 11) is 0. The summed E-state index contributed by atoms with van der Waals surface area (Å²) < 4.78 is 10.6. The number of anilines is 1. The summed E-state index contributed by atoms with van der Waals surface area (Å²) >= 11 is 0. The third kappa shape index (κ3) is 3.63. The average molecular weight is 323 g/mol. The van der Waals surface area contributed by atoms with Crippen molar-refractivity contribution in [3.8, 4) is 5.75 Å². The van der Waals surface area contributed by atoms with Gasteiger partial charge in [-0.05, 0) is 43.7 Å². The molecule has 1 heterocycles. The molecule has 0 unspecified atom stereocenters. The van der Waals surface area contributed by atoms with Gasteiger partial charge in [-0.3, -0.25) is 4.79 Å². The van der Waals surface area contributed by atoms with Gasteiger partial charge >= 0.3 is 5.63 Å². The fourth-order valence-electron chi connectivity index (χ4n) is 2.42. The molecule has 0 spiro atoms. The van der Waals surface area contributed by atoms with Gasteiger partial charge in [-0.2, -0.15) is 0 Å². The highest BCUT2D eigenvalue weighted by molar-refractivity contribution is 5.92. The number of aryl methyl sites for hydroxylation is 2. The zero-order valence-electron chi connectivity index (χ0n) is 13.5. The lowest BCUT2D eigenvalue weighted by Crippen LogP contribution is -2.20. The molecule has 5 heteroatoms. The van der Waals surface area contributed by atoms with Crippen LogP contribution in [0.2, 0.25) is 0 Å². The highest BCUT2D eigenvalue weighted by Gasteiger charge is 2.07. The molecule has 0 aliphatic carbocycles. The quantitative estimate of drug-likeness (QED) is 0.747. The first-order chi connectivity index (χ1) is 11.5. The Bertz CT molecular complexity index is 959. The van der Waals surface area contributed by atoms with Crippen molar-refractivity contribution in [2.75, 3.05) is 11.9 Å².